The summed E-state index contributed by atoms with van der Waals surface area (Å²) in [5.41, 5.74) is 13.3. The van der Waals surface area contributed by atoms with Crippen molar-refractivity contribution in [3.05, 3.63) is 210 Å². The van der Waals surface area contributed by atoms with Gasteiger partial charge in [0.1, 0.15) is 0 Å². The van der Waals surface area contributed by atoms with Crippen molar-refractivity contribution in [2.45, 2.75) is 15.2 Å². The maximum absolute atomic E-state index is 14.2. The van der Waals surface area contributed by atoms with Crippen molar-refractivity contribution in [2.24, 2.45) is 0 Å². The van der Waals surface area contributed by atoms with E-state index in [2.05, 4.69) is 115 Å². The third kappa shape index (κ3) is 4.38. The van der Waals surface area contributed by atoms with E-state index < -0.39 is 15.3 Å². The van der Waals surface area contributed by atoms with Gasteiger partial charge in [-0.1, -0.05) is 158 Å². The van der Waals surface area contributed by atoms with Crippen LogP contribution in [0, 0.1) is 0 Å². The summed E-state index contributed by atoms with van der Waals surface area (Å²) >= 11 is 0. The molecule has 246 valence electrons. The molecular formula is C48H31NO2S. The lowest BCUT2D eigenvalue weighted by molar-refractivity contribution is 0.580. The minimum Gasteiger partial charge on any atom is -0.248 e. The molecule has 1 spiro atoms. The molecule has 10 rings (SSSR count). The van der Waals surface area contributed by atoms with E-state index in [0.29, 0.717) is 9.79 Å². The molecule has 0 bridgehead atoms. The van der Waals surface area contributed by atoms with E-state index in [0.717, 1.165) is 72.6 Å². The lowest BCUT2D eigenvalue weighted by atomic mass is 9.67. The van der Waals surface area contributed by atoms with Gasteiger partial charge >= 0.3 is 0 Å². The number of sulfone groups is 1. The fourth-order valence-electron chi connectivity index (χ4n) is 8.51. The number of fused-ring (bicyclic) bond motifs is 9. The van der Waals surface area contributed by atoms with Crippen LogP contribution in [0.4, 0.5) is 0 Å². The second kappa shape index (κ2) is 11.6. The van der Waals surface area contributed by atoms with Crippen molar-refractivity contribution in [3.8, 4) is 55.9 Å². The summed E-state index contributed by atoms with van der Waals surface area (Å²) in [5, 5.41) is 0. The molecule has 0 saturated heterocycles. The first-order valence-corrected chi connectivity index (χ1v) is 18.9. The Hall–Kier alpha value is -6.36. The van der Waals surface area contributed by atoms with Gasteiger partial charge in [0.15, 0.2) is 0 Å². The molecule has 1 aliphatic heterocycles. The predicted octanol–water partition coefficient (Wildman–Crippen LogP) is 11.3. The Bertz CT molecular complexity index is 2750. The first-order valence-electron chi connectivity index (χ1n) is 17.5. The van der Waals surface area contributed by atoms with Crippen LogP contribution in [0.15, 0.2) is 198 Å². The smallest absolute Gasteiger partial charge is 0.207 e. The Morgan fingerprint density at radius 3 is 1.54 bits per heavy atom. The van der Waals surface area contributed by atoms with Crippen molar-refractivity contribution in [2.75, 3.05) is 0 Å². The van der Waals surface area contributed by atoms with Crippen molar-refractivity contribution in [3.63, 3.8) is 0 Å². The molecule has 0 amide bonds. The quantitative estimate of drug-likeness (QED) is 0.185. The molecule has 0 unspecified atom stereocenters. The summed E-state index contributed by atoms with van der Waals surface area (Å²) in [6.07, 6.45) is 0. The molecule has 0 saturated carbocycles. The van der Waals surface area contributed by atoms with Gasteiger partial charge in [0.2, 0.25) is 9.84 Å². The SMILES string of the molecule is O=S1(=O)c2ccccc2C2(c3ccccc3-c3c(-c4cc(-c5cccc(-c6ccccc6)c5)cc(-c5ccccc5)n4)cccc32)c2ccccc21. The van der Waals surface area contributed by atoms with Crippen molar-refractivity contribution < 1.29 is 8.42 Å². The van der Waals surface area contributed by atoms with Crippen molar-refractivity contribution in [1.29, 1.82) is 0 Å². The molecule has 0 radical (unpaired) electrons. The summed E-state index contributed by atoms with van der Waals surface area (Å²) in [6.45, 7) is 0. The fraction of sp³-hybridized carbons (Fsp3) is 0.0208. The van der Waals surface area contributed by atoms with Crippen LogP contribution in [0.5, 0.6) is 0 Å². The Morgan fingerprint density at radius 2 is 0.846 bits per heavy atom. The first-order chi connectivity index (χ1) is 25.5. The summed E-state index contributed by atoms with van der Waals surface area (Å²) in [7, 11) is -3.74. The Balaban J connectivity index is 1.26. The largest absolute Gasteiger partial charge is 0.248 e. The van der Waals surface area contributed by atoms with Crippen LogP contribution in [0.3, 0.4) is 0 Å². The summed E-state index contributed by atoms with van der Waals surface area (Å²) in [5.74, 6) is 0. The van der Waals surface area contributed by atoms with Crippen LogP contribution in [-0.4, -0.2) is 13.4 Å². The molecule has 52 heavy (non-hydrogen) atoms. The molecule has 0 N–H and O–H groups in total. The molecule has 7 aromatic carbocycles. The highest BCUT2D eigenvalue weighted by atomic mass is 32.2. The zero-order valence-corrected chi connectivity index (χ0v) is 28.9. The molecule has 2 aliphatic rings. The number of nitrogens with zero attached hydrogens (tertiary/aromatic N) is 1. The lowest BCUT2D eigenvalue weighted by Crippen LogP contribution is -2.35. The predicted molar refractivity (Wildman–Crippen MR) is 209 cm³/mol. The fourth-order valence-corrected chi connectivity index (χ4v) is 10.3. The van der Waals surface area contributed by atoms with Crippen LogP contribution in [0.2, 0.25) is 0 Å². The topological polar surface area (TPSA) is 47.0 Å². The maximum atomic E-state index is 14.2. The molecule has 3 nitrogen and oxygen atoms in total. The molecular weight excluding hydrogens is 655 g/mol. The third-order valence-corrected chi connectivity index (χ3v) is 12.6. The lowest BCUT2D eigenvalue weighted by Gasteiger charge is -2.39. The van der Waals surface area contributed by atoms with Gasteiger partial charge in [-0.3, -0.25) is 0 Å². The van der Waals surface area contributed by atoms with Gasteiger partial charge in [-0.05, 0) is 86.0 Å². The number of hydrogen-bond donors (Lipinski definition) is 0. The van der Waals surface area contributed by atoms with Crippen molar-refractivity contribution in [1.82, 2.24) is 4.98 Å². The highest BCUT2D eigenvalue weighted by Gasteiger charge is 2.53. The maximum Gasteiger partial charge on any atom is 0.207 e. The molecule has 8 aromatic rings. The molecule has 2 heterocycles. The zero-order chi connectivity index (χ0) is 34.9. The molecule has 0 fully saturated rings. The highest BCUT2D eigenvalue weighted by Crippen LogP contribution is 2.62. The summed E-state index contributed by atoms with van der Waals surface area (Å²) < 4.78 is 28.4. The van der Waals surface area contributed by atoms with Crippen LogP contribution >= 0.6 is 0 Å². The second-order valence-electron chi connectivity index (χ2n) is 13.5. The number of hydrogen-bond acceptors (Lipinski definition) is 3. The number of pyridine rings is 1. The first kappa shape index (κ1) is 30.5. The molecule has 1 aromatic heterocycles. The molecule has 1 aliphatic carbocycles. The van der Waals surface area contributed by atoms with Crippen LogP contribution in [0.25, 0.3) is 55.9 Å². The van der Waals surface area contributed by atoms with E-state index in [-0.39, 0.29) is 0 Å². The number of rotatable bonds is 4. The van der Waals surface area contributed by atoms with Crippen LogP contribution in [0.1, 0.15) is 22.3 Å². The summed E-state index contributed by atoms with van der Waals surface area (Å²) in [6, 6.07) is 63.8. The van der Waals surface area contributed by atoms with Crippen LogP contribution in [-0.2, 0) is 15.3 Å². The van der Waals surface area contributed by atoms with E-state index in [1.165, 1.54) is 5.56 Å². The average Bonchev–Trinajstić information content (AvgIpc) is 3.52. The minimum atomic E-state index is -3.74. The van der Waals surface area contributed by atoms with Gasteiger partial charge in [0.05, 0.1) is 26.6 Å². The van der Waals surface area contributed by atoms with Crippen LogP contribution < -0.4 is 0 Å². The van der Waals surface area contributed by atoms with E-state index in [1.54, 1.807) is 12.1 Å². The standard InChI is InChI=1S/C48H31NO2S/c50-52(51)45-27-11-9-24-40(45)48(41-25-10-12-28-46(41)52)39-23-8-7-21-37(39)47-38(22-14-26-42(47)48)44-31-36(30-43(49-44)33-17-5-2-6-18-33)35-20-13-19-34(29-35)32-15-3-1-4-16-32/h1-31H. The van der Waals surface area contributed by atoms with Gasteiger partial charge in [-0.2, -0.15) is 0 Å². The van der Waals surface area contributed by atoms with E-state index in [9.17, 15) is 8.42 Å². The molecule has 0 atom stereocenters. The third-order valence-electron chi connectivity index (χ3n) is 10.7. The highest BCUT2D eigenvalue weighted by molar-refractivity contribution is 7.91. The second-order valence-corrected chi connectivity index (χ2v) is 15.3. The molecule has 4 heteroatoms. The zero-order valence-electron chi connectivity index (χ0n) is 28.1. The summed E-state index contributed by atoms with van der Waals surface area (Å²) in [4.78, 5) is 6.09. The van der Waals surface area contributed by atoms with Gasteiger partial charge < -0.3 is 0 Å². The monoisotopic (exact) mass is 685 g/mol. The van der Waals surface area contributed by atoms with Crippen molar-refractivity contribution >= 4 is 9.84 Å². The average molecular weight is 686 g/mol. The number of benzene rings is 7. The van der Waals surface area contributed by atoms with Gasteiger partial charge in [0, 0.05) is 11.1 Å². The van der Waals surface area contributed by atoms with E-state index in [4.69, 9.17) is 4.98 Å². The Kier molecular flexibility index (Phi) is 6.79. The van der Waals surface area contributed by atoms with E-state index in [1.807, 2.05) is 60.7 Å². The number of aromatic nitrogens is 1. The van der Waals surface area contributed by atoms with E-state index >= 15 is 0 Å². The van der Waals surface area contributed by atoms with Gasteiger partial charge in [-0.25, -0.2) is 13.4 Å². The Morgan fingerprint density at radius 1 is 0.365 bits per heavy atom. The Labute approximate surface area is 303 Å². The normalized spacial score (nSPS) is 14.2. The van der Waals surface area contributed by atoms with Gasteiger partial charge in [-0.15, -0.1) is 0 Å². The van der Waals surface area contributed by atoms with Gasteiger partial charge in [0.25, 0.3) is 0 Å². The minimum absolute atomic E-state index is 0.353.